The summed E-state index contributed by atoms with van der Waals surface area (Å²) in [4.78, 5) is 9.50. The van der Waals surface area contributed by atoms with E-state index in [1.807, 2.05) is 56.7 Å². The molecule has 0 bridgehead atoms. The Balaban J connectivity index is 0.000000141. The third-order valence-electron chi connectivity index (χ3n) is 21.0. The van der Waals surface area contributed by atoms with Gasteiger partial charge in [-0.05, 0) is 204 Å². The van der Waals surface area contributed by atoms with Crippen molar-refractivity contribution in [3.63, 3.8) is 0 Å². The Bertz CT molecular complexity index is 7110. The van der Waals surface area contributed by atoms with Gasteiger partial charge in [0.25, 0.3) is 0 Å². The Morgan fingerprint density at radius 3 is 0.899 bits per heavy atom. The van der Waals surface area contributed by atoms with E-state index in [1.165, 1.54) is 123 Å². The minimum Gasteiger partial charge on any atom is -0.310 e. The van der Waals surface area contributed by atoms with Gasteiger partial charge in [-0.2, -0.15) is 0 Å². The van der Waals surface area contributed by atoms with E-state index in [4.69, 9.17) is 0 Å². The van der Waals surface area contributed by atoms with Crippen molar-refractivity contribution in [2.75, 3.05) is 19.6 Å². The fraction of sp³-hybridized carbons (Fsp3) is 0. The molecule has 17 aromatic carbocycles. The first-order valence-corrected chi connectivity index (χ1v) is 40.7. The highest BCUT2D eigenvalue weighted by molar-refractivity contribution is 7.28. The van der Waals surface area contributed by atoms with E-state index < -0.39 is 0 Å². The SMILES string of the molecule is c1ccc(N(c2ccccc2)c2ccc3sc4cc(N(c5ccc(-c6cccc7c6sc6ccccc67)cc5)c5ccc6sc7ccccc7c6c5)ccc4c3c2)cc1.c1ccc(N(c2ccccc2)c2ccc3sc4cc(N(c5ccccc5)c5ccc6sc7c8ccccc8ccc7c6c5)ccc4c3c2)cc1. The lowest BCUT2D eigenvalue weighted by molar-refractivity contribution is 1.29. The van der Waals surface area contributed by atoms with Crippen molar-refractivity contribution >= 4 is 237 Å². The predicted octanol–water partition coefficient (Wildman–Crippen LogP) is 31.9. The molecule has 514 valence electrons. The van der Waals surface area contributed by atoms with Crippen LogP contribution < -0.4 is 19.6 Å². The van der Waals surface area contributed by atoms with Crippen LogP contribution >= 0.6 is 56.7 Å². The van der Waals surface area contributed by atoms with Gasteiger partial charge in [0, 0.05) is 169 Å². The minimum absolute atomic E-state index is 1.13. The largest absolute Gasteiger partial charge is 0.310 e. The highest BCUT2D eigenvalue weighted by atomic mass is 32.1. The van der Waals surface area contributed by atoms with Crippen molar-refractivity contribution in [3.05, 3.63) is 388 Å². The van der Waals surface area contributed by atoms with Gasteiger partial charge in [0.05, 0.1) is 0 Å². The number of nitrogens with zero attached hydrogens (tertiary/aromatic N) is 4. The quantitative estimate of drug-likeness (QED) is 0.114. The Morgan fingerprint density at radius 2 is 0.431 bits per heavy atom. The average Bonchev–Trinajstić information content (AvgIpc) is 1.64. The molecule has 0 aliphatic rings. The molecule has 0 aliphatic heterocycles. The molecule has 0 saturated carbocycles. The summed E-state index contributed by atoms with van der Waals surface area (Å²) in [5.74, 6) is 0. The van der Waals surface area contributed by atoms with Gasteiger partial charge in [-0.1, -0.05) is 206 Å². The van der Waals surface area contributed by atoms with E-state index in [1.54, 1.807) is 0 Å². The van der Waals surface area contributed by atoms with Crippen LogP contribution in [0.1, 0.15) is 0 Å². The highest BCUT2D eigenvalue weighted by Gasteiger charge is 2.23. The molecule has 0 N–H and O–H groups in total. The summed E-state index contributed by atoms with van der Waals surface area (Å²) in [6, 6.07) is 142. The van der Waals surface area contributed by atoms with Crippen LogP contribution in [-0.2, 0) is 0 Å². The first-order chi connectivity index (χ1) is 54.0. The Labute approximate surface area is 650 Å². The zero-order valence-electron chi connectivity index (χ0n) is 58.8. The Morgan fingerprint density at radius 1 is 0.147 bits per heavy atom. The minimum atomic E-state index is 1.13. The summed E-state index contributed by atoms with van der Waals surface area (Å²) in [6.45, 7) is 0. The van der Waals surface area contributed by atoms with Crippen molar-refractivity contribution in [2.24, 2.45) is 0 Å². The summed E-state index contributed by atoms with van der Waals surface area (Å²) in [6.07, 6.45) is 0. The van der Waals surface area contributed by atoms with Crippen LogP contribution in [-0.4, -0.2) is 0 Å². The standard InChI is InChI=1S/C54H34N2S3.C46H30N2S2/c1-3-12-36(13-4-1)55(37-14-5-2-6-15-37)39-27-31-52-48(32-39)45-29-26-41(34-53(45)58-52)56(40-28-30-51-47(33-40)44-17-8-9-20-49(44)57-51)38-24-22-35(23-25-38)42-18-11-19-46-43-16-7-10-21-50(43)59-54(42)46;1-4-13-32(14-5-1)47(33-15-6-2-7-16-33)35-22-26-43-41(28-35)39-25-21-37(30-45(39)49-43)48(34-17-8-3-9-18-34)36-23-27-44-42(29-36)40-24-20-31-12-10-11-19-38(31)46(40)50-44/h1-34H;1-30H. The van der Waals surface area contributed by atoms with E-state index in [0.717, 1.165) is 68.2 Å². The average molecular weight is 1480 g/mol. The number of hydrogen-bond donors (Lipinski definition) is 0. The molecule has 109 heavy (non-hydrogen) atoms. The molecule has 4 nitrogen and oxygen atoms in total. The normalized spacial score (nSPS) is 11.7. The molecule has 22 rings (SSSR count). The zero-order valence-corrected chi connectivity index (χ0v) is 62.9. The molecule has 0 amide bonds. The Kier molecular flexibility index (Phi) is 16.2. The lowest BCUT2D eigenvalue weighted by atomic mass is 10.0. The summed E-state index contributed by atoms with van der Waals surface area (Å²) in [7, 11) is 0. The number of anilines is 12. The van der Waals surface area contributed by atoms with E-state index in [0.29, 0.717) is 0 Å². The highest BCUT2D eigenvalue weighted by Crippen LogP contribution is 2.50. The van der Waals surface area contributed by atoms with E-state index in [2.05, 4.69) is 408 Å². The van der Waals surface area contributed by atoms with Crippen molar-refractivity contribution in [2.45, 2.75) is 0 Å². The summed E-state index contributed by atoms with van der Waals surface area (Å²) in [5, 5.41) is 15.5. The number of benzene rings is 17. The summed E-state index contributed by atoms with van der Waals surface area (Å²) < 4.78 is 13.0. The van der Waals surface area contributed by atoms with Gasteiger partial charge < -0.3 is 19.6 Å². The van der Waals surface area contributed by atoms with Gasteiger partial charge in [-0.3, -0.25) is 0 Å². The first-order valence-electron chi connectivity index (χ1n) is 36.7. The fourth-order valence-corrected chi connectivity index (χ4v) is 21.8. The third kappa shape index (κ3) is 11.6. The van der Waals surface area contributed by atoms with Crippen molar-refractivity contribution in [1.29, 1.82) is 0 Å². The molecule has 0 spiro atoms. The van der Waals surface area contributed by atoms with E-state index in [-0.39, 0.29) is 0 Å². The number of thiophene rings is 5. The van der Waals surface area contributed by atoms with Crippen LogP contribution in [0, 0.1) is 0 Å². The molecule has 0 saturated heterocycles. The van der Waals surface area contributed by atoms with Crippen molar-refractivity contribution < 1.29 is 0 Å². The van der Waals surface area contributed by atoms with Crippen LogP contribution in [0.2, 0.25) is 0 Å². The molecule has 0 fully saturated rings. The molecule has 0 radical (unpaired) electrons. The van der Waals surface area contributed by atoms with Gasteiger partial charge in [0.2, 0.25) is 0 Å². The smallest absolute Gasteiger partial charge is 0.0476 e. The first kappa shape index (κ1) is 64.7. The van der Waals surface area contributed by atoms with Crippen LogP contribution in [0.4, 0.5) is 68.2 Å². The molecule has 5 aromatic heterocycles. The van der Waals surface area contributed by atoms with Crippen LogP contribution in [0.5, 0.6) is 0 Å². The molecule has 0 aliphatic carbocycles. The second-order valence-corrected chi connectivity index (χ2v) is 32.9. The van der Waals surface area contributed by atoms with Crippen LogP contribution in [0.15, 0.2) is 388 Å². The van der Waals surface area contributed by atoms with Crippen LogP contribution in [0.3, 0.4) is 0 Å². The number of fused-ring (bicyclic) bond motifs is 17. The topological polar surface area (TPSA) is 13.0 Å². The van der Waals surface area contributed by atoms with E-state index >= 15 is 0 Å². The maximum atomic E-state index is 2.43. The number of para-hydroxylation sites is 5. The van der Waals surface area contributed by atoms with Gasteiger partial charge in [-0.25, -0.2) is 0 Å². The second kappa shape index (κ2) is 27.3. The summed E-state index contributed by atoms with van der Waals surface area (Å²) >= 11 is 9.35. The number of hydrogen-bond acceptors (Lipinski definition) is 9. The predicted molar refractivity (Wildman–Crippen MR) is 479 cm³/mol. The fourth-order valence-electron chi connectivity index (χ4n) is 16.0. The molecular weight excluding hydrogens is 1420 g/mol. The monoisotopic (exact) mass is 1480 g/mol. The molecular formula is C100H64N4S5. The molecule has 0 unspecified atom stereocenters. The van der Waals surface area contributed by atoms with Crippen molar-refractivity contribution in [1.82, 2.24) is 0 Å². The lowest BCUT2D eigenvalue weighted by Gasteiger charge is -2.26. The molecule has 22 aromatic rings. The van der Waals surface area contributed by atoms with Gasteiger partial charge in [0.1, 0.15) is 0 Å². The second-order valence-electron chi connectivity index (χ2n) is 27.5. The zero-order chi connectivity index (χ0) is 71.9. The van der Waals surface area contributed by atoms with Crippen LogP contribution in [0.25, 0.3) is 123 Å². The molecule has 9 heteroatoms. The van der Waals surface area contributed by atoms with E-state index in [9.17, 15) is 0 Å². The maximum absolute atomic E-state index is 2.43. The summed E-state index contributed by atoms with van der Waals surface area (Å²) in [5.41, 5.74) is 16.2. The molecule has 0 atom stereocenters. The lowest BCUT2D eigenvalue weighted by Crippen LogP contribution is -2.09. The third-order valence-corrected chi connectivity index (χ3v) is 26.9. The van der Waals surface area contributed by atoms with Crippen molar-refractivity contribution in [3.8, 4) is 11.1 Å². The maximum Gasteiger partial charge on any atom is 0.0476 e. The number of rotatable bonds is 13. The van der Waals surface area contributed by atoms with Gasteiger partial charge in [0.15, 0.2) is 0 Å². The van der Waals surface area contributed by atoms with Gasteiger partial charge >= 0.3 is 0 Å². The molecule has 5 heterocycles. The van der Waals surface area contributed by atoms with Gasteiger partial charge in [-0.15, -0.1) is 56.7 Å². The Hall–Kier alpha value is -12.7.